The molecule has 9 nitrogen and oxygen atoms in total. The average Bonchev–Trinajstić information content (AvgIpc) is 3.01. The van der Waals surface area contributed by atoms with Gasteiger partial charge in [-0.05, 0) is 35.0 Å². The number of benzene rings is 1. The van der Waals surface area contributed by atoms with Crippen LogP contribution in [-0.4, -0.2) is 56.4 Å². The maximum Gasteiger partial charge on any atom is 0.305 e. The molecule has 1 heterocycles. The van der Waals surface area contributed by atoms with Crippen LogP contribution in [0.1, 0.15) is 18.9 Å². The fraction of sp³-hybridized carbons (Fsp3) is 0.400. The fourth-order valence-electron chi connectivity index (χ4n) is 2.40. The number of tetrazole rings is 1. The molecule has 0 saturated heterocycles. The Labute approximate surface area is 138 Å². The van der Waals surface area contributed by atoms with Gasteiger partial charge in [0, 0.05) is 7.11 Å². The number of hydrogen-bond acceptors (Lipinski definition) is 6. The van der Waals surface area contributed by atoms with Gasteiger partial charge in [-0.15, -0.1) is 5.10 Å². The molecule has 0 spiro atoms. The van der Waals surface area contributed by atoms with Crippen LogP contribution in [0.5, 0.6) is 0 Å². The molecule has 0 aliphatic carbocycles. The second-order valence-corrected chi connectivity index (χ2v) is 5.71. The Morgan fingerprint density at radius 2 is 2.04 bits per heavy atom. The van der Waals surface area contributed by atoms with Gasteiger partial charge in [-0.25, -0.2) is 4.68 Å². The first kappa shape index (κ1) is 17.5. The Balaban J connectivity index is 1.99. The van der Waals surface area contributed by atoms with Crippen molar-refractivity contribution in [2.24, 2.45) is 0 Å². The second-order valence-electron chi connectivity index (χ2n) is 5.71. The van der Waals surface area contributed by atoms with Gasteiger partial charge in [-0.2, -0.15) is 0 Å². The highest BCUT2D eigenvalue weighted by molar-refractivity contribution is 5.80. The van der Waals surface area contributed by atoms with Crippen LogP contribution < -0.4 is 5.32 Å². The summed E-state index contributed by atoms with van der Waals surface area (Å²) in [5.41, 5.74) is 0.614. The maximum absolute atomic E-state index is 12.2. The van der Waals surface area contributed by atoms with Crippen molar-refractivity contribution >= 4 is 11.9 Å². The molecule has 24 heavy (non-hydrogen) atoms. The van der Waals surface area contributed by atoms with Crippen molar-refractivity contribution in [1.82, 2.24) is 25.5 Å². The number of carbonyl (C=O) groups is 2. The van der Waals surface area contributed by atoms with Gasteiger partial charge < -0.3 is 15.2 Å². The molecule has 1 aromatic carbocycles. The Morgan fingerprint density at radius 1 is 1.33 bits per heavy atom. The predicted molar refractivity (Wildman–Crippen MR) is 83.5 cm³/mol. The van der Waals surface area contributed by atoms with Crippen molar-refractivity contribution in [1.29, 1.82) is 0 Å². The van der Waals surface area contributed by atoms with E-state index in [1.807, 2.05) is 0 Å². The second kappa shape index (κ2) is 7.64. The first-order chi connectivity index (χ1) is 11.4. The number of carboxylic acid groups (broad SMARTS) is 1. The number of methoxy groups -OCH3 is 1. The van der Waals surface area contributed by atoms with E-state index in [0.29, 0.717) is 0 Å². The minimum Gasteiger partial charge on any atom is -0.481 e. The van der Waals surface area contributed by atoms with Crippen LogP contribution in [0.15, 0.2) is 30.6 Å². The molecule has 2 rings (SSSR count). The molecule has 2 N–H and O–H groups in total. The zero-order valence-corrected chi connectivity index (χ0v) is 13.5. The van der Waals surface area contributed by atoms with Gasteiger partial charge in [0.25, 0.3) is 0 Å². The molecule has 1 aromatic heterocycles. The van der Waals surface area contributed by atoms with Crippen molar-refractivity contribution in [3.05, 3.63) is 36.2 Å². The van der Waals surface area contributed by atoms with Gasteiger partial charge >= 0.3 is 5.97 Å². The van der Waals surface area contributed by atoms with Crippen LogP contribution in [0.4, 0.5) is 0 Å². The quantitative estimate of drug-likeness (QED) is 0.708. The highest BCUT2D eigenvalue weighted by Crippen LogP contribution is 2.12. The smallest absolute Gasteiger partial charge is 0.305 e. The third-order valence-corrected chi connectivity index (χ3v) is 3.36. The van der Waals surface area contributed by atoms with Gasteiger partial charge in [0.2, 0.25) is 5.91 Å². The normalized spacial score (nSPS) is 13.2. The Morgan fingerprint density at radius 3 is 2.58 bits per heavy atom. The van der Waals surface area contributed by atoms with Crippen molar-refractivity contribution < 1.29 is 19.4 Å². The molecule has 0 aliphatic rings. The Kier molecular flexibility index (Phi) is 5.59. The number of carbonyl (C=O) groups excluding carboxylic acids is 1. The third-order valence-electron chi connectivity index (χ3n) is 3.36. The number of nitrogens with one attached hydrogen (secondary N) is 1. The molecule has 0 radical (unpaired) electrons. The topological polar surface area (TPSA) is 119 Å². The minimum absolute atomic E-state index is 0.114. The summed E-state index contributed by atoms with van der Waals surface area (Å²) in [6.45, 7) is 1.76. The first-order valence-corrected chi connectivity index (χ1v) is 7.26. The maximum atomic E-state index is 12.2. The molecule has 9 heteroatoms. The number of amides is 1. The molecule has 1 amide bonds. The standard InChI is InChI=1S/C15H19N5O4/c1-15(9-24-2,8-14(22)23)17-13(21)7-11-3-5-12(6-4-11)20-10-16-18-19-20/h3-6,10H,7-9H2,1-2H3,(H,17,21)(H,22,23). The summed E-state index contributed by atoms with van der Waals surface area (Å²) in [7, 11) is 1.46. The van der Waals surface area contributed by atoms with Gasteiger partial charge in [-0.3, -0.25) is 9.59 Å². The van der Waals surface area contributed by atoms with Gasteiger partial charge in [0.1, 0.15) is 6.33 Å². The summed E-state index contributed by atoms with van der Waals surface area (Å²) in [6, 6.07) is 7.18. The summed E-state index contributed by atoms with van der Waals surface area (Å²) in [5.74, 6) is -1.27. The summed E-state index contributed by atoms with van der Waals surface area (Å²) in [6.07, 6.45) is 1.39. The van der Waals surface area contributed by atoms with E-state index in [1.54, 1.807) is 31.2 Å². The van der Waals surface area contributed by atoms with Crippen molar-refractivity contribution in [3.63, 3.8) is 0 Å². The monoisotopic (exact) mass is 333 g/mol. The van der Waals surface area contributed by atoms with Gasteiger partial charge in [0.05, 0.1) is 30.7 Å². The van der Waals surface area contributed by atoms with Crippen LogP contribution >= 0.6 is 0 Å². The summed E-state index contributed by atoms with van der Waals surface area (Å²) in [4.78, 5) is 23.2. The minimum atomic E-state index is -0.999. The largest absolute Gasteiger partial charge is 0.481 e. The lowest BCUT2D eigenvalue weighted by Crippen LogP contribution is -2.51. The van der Waals surface area contributed by atoms with Crippen LogP contribution in [-0.2, 0) is 20.7 Å². The fourth-order valence-corrected chi connectivity index (χ4v) is 2.40. The molecule has 0 bridgehead atoms. The number of ether oxygens (including phenoxy) is 1. The van der Waals surface area contributed by atoms with Crippen LogP contribution in [0.25, 0.3) is 5.69 Å². The summed E-state index contributed by atoms with van der Waals surface area (Å²) in [5, 5.41) is 22.6. The molecule has 0 aliphatic heterocycles. The molecule has 0 fully saturated rings. The van der Waals surface area contributed by atoms with E-state index < -0.39 is 11.5 Å². The van der Waals surface area contributed by atoms with Crippen molar-refractivity contribution in [2.75, 3.05) is 13.7 Å². The predicted octanol–water partition coefficient (Wildman–Crippen LogP) is 0.201. The molecular weight excluding hydrogens is 314 g/mol. The molecular formula is C15H19N5O4. The van der Waals surface area contributed by atoms with E-state index >= 15 is 0 Å². The van der Waals surface area contributed by atoms with E-state index in [9.17, 15) is 9.59 Å². The lowest BCUT2D eigenvalue weighted by Gasteiger charge is -2.28. The zero-order valence-electron chi connectivity index (χ0n) is 13.5. The van der Waals surface area contributed by atoms with Crippen LogP contribution in [0.3, 0.4) is 0 Å². The number of rotatable bonds is 8. The Hall–Kier alpha value is -2.81. The van der Waals surface area contributed by atoms with Gasteiger partial charge in [0.15, 0.2) is 0 Å². The summed E-state index contributed by atoms with van der Waals surface area (Å²) < 4.78 is 6.52. The third kappa shape index (κ3) is 4.85. The molecule has 1 atom stereocenters. The zero-order chi connectivity index (χ0) is 17.6. The van der Waals surface area contributed by atoms with Crippen molar-refractivity contribution in [2.45, 2.75) is 25.3 Å². The highest BCUT2D eigenvalue weighted by atomic mass is 16.5. The van der Waals surface area contributed by atoms with Crippen LogP contribution in [0.2, 0.25) is 0 Å². The van der Waals surface area contributed by atoms with E-state index in [0.717, 1.165) is 11.3 Å². The molecule has 128 valence electrons. The first-order valence-electron chi connectivity index (χ1n) is 7.26. The molecule has 0 saturated carbocycles. The van der Waals surface area contributed by atoms with E-state index in [4.69, 9.17) is 9.84 Å². The van der Waals surface area contributed by atoms with Crippen molar-refractivity contribution in [3.8, 4) is 5.69 Å². The van der Waals surface area contributed by atoms with Gasteiger partial charge in [-0.1, -0.05) is 12.1 Å². The molecule has 2 aromatic rings. The van der Waals surface area contributed by atoms with E-state index in [2.05, 4.69) is 20.8 Å². The lowest BCUT2D eigenvalue weighted by atomic mass is 9.98. The average molecular weight is 333 g/mol. The number of hydrogen-bond donors (Lipinski definition) is 2. The molecule has 1 unspecified atom stereocenters. The SMILES string of the molecule is COCC(C)(CC(=O)O)NC(=O)Cc1ccc(-n2cnnn2)cc1. The van der Waals surface area contributed by atoms with Crippen LogP contribution in [0, 0.1) is 0 Å². The number of carboxylic acids is 1. The Bertz CT molecular complexity index is 686. The summed E-state index contributed by atoms with van der Waals surface area (Å²) >= 11 is 0. The van der Waals surface area contributed by atoms with E-state index in [-0.39, 0.29) is 25.4 Å². The number of nitrogens with zero attached hydrogens (tertiary/aromatic N) is 4. The van der Waals surface area contributed by atoms with E-state index in [1.165, 1.54) is 18.1 Å². The highest BCUT2D eigenvalue weighted by Gasteiger charge is 2.29. The lowest BCUT2D eigenvalue weighted by molar-refractivity contribution is -0.139. The number of aliphatic carboxylic acids is 1. The number of aromatic nitrogens is 4.